The van der Waals surface area contributed by atoms with Crippen molar-refractivity contribution < 1.29 is 27.7 Å². The van der Waals surface area contributed by atoms with Crippen molar-refractivity contribution in [3.63, 3.8) is 0 Å². The summed E-state index contributed by atoms with van der Waals surface area (Å²) in [4.78, 5) is 40.4. The minimum absolute atomic E-state index is 0.0890. The zero-order valence-corrected chi connectivity index (χ0v) is 18.4. The molecule has 0 spiro atoms. The number of carbonyl (C=O) groups is 2. The fourth-order valence-corrected chi connectivity index (χ4v) is 3.71. The van der Waals surface area contributed by atoms with E-state index >= 15 is 0 Å². The molecule has 0 saturated carbocycles. The number of carbonyl (C=O) groups excluding carboxylic acids is 2. The largest absolute Gasteiger partial charge is 0.418 e. The van der Waals surface area contributed by atoms with Gasteiger partial charge in [0.05, 0.1) is 35.0 Å². The Morgan fingerprint density at radius 2 is 1.76 bits per heavy atom. The van der Waals surface area contributed by atoms with E-state index in [9.17, 15) is 32.9 Å². The lowest BCUT2D eigenvalue weighted by Gasteiger charge is -2.17. The predicted molar refractivity (Wildman–Crippen MR) is 120 cm³/mol. The van der Waals surface area contributed by atoms with Gasteiger partial charge in [0.25, 0.3) is 5.69 Å². The van der Waals surface area contributed by atoms with Crippen molar-refractivity contribution in [2.45, 2.75) is 6.18 Å². The molecule has 178 valence electrons. The summed E-state index contributed by atoms with van der Waals surface area (Å²) in [5.41, 5.74) is -0.464. The Kier molecular flexibility index (Phi) is 7.58. The van der Waals surface area contributed by atoms with Gasteiger partial charge in [-0.05, 0) is 19.2 Å². The van der Waals surface area contributed by atoms with Gasteiger partial charge >= 0.3 is 6.18 Å². The van der Waals surface area contributed by atoms with E-state index in [4.69, 9.17) is 0 Å². The molecule has 3 rings (SSSR count). The maximum Gasteiger partial charge on any atom is 0.418 e. The predicted octanol–water partition coefficient (Wildman–Crippen LogP) is 4.25. The number of nitro benzene ring substituents is 1. The van der Waals surface area contributed by atoms with Gasteiger partial charge in [-0.1, -0.05) is 24.3 Å². The van der Waals surface area contributed by atoms with Gasteiger partial charge < -0.3 is 10.6 Å². The molecule has 0 unspecified atom stereocenters. The van der Waals surface area contributed by atoms with Crippen LogP contribution in [0.1, 0.15) is 5.56 Å². The normalized spacial score (nSPS) is 11.3. The number of nitro groups is 1. The summed E-state index contributed by atoms with van der Waals surface area (Å²) in [5, 5.41) is 17.6. The quantitative estimate of drug-likeness (QED) is 0.358. The highest BCUT2D eigenvalue weighted by Crippen LogP contribution is 2.34. The van der Waals surface area contributed by atoms with Gasteiger partial charge in [0.1, 0.15) is 0 Å². The van der Waals surface area contributed by atoms with Crippen molar-refractivity contribution in [3.05, 3.63) is 69.6 Å². The fourth-order valence-electron chi connectivity index (χ4n) is 2.98. The lowest BCUT2D eigenvalue weighted by molar-refractivity contribution is -0.384. The first-order chi connectivity index (χ1) is 16.0. The van der Waals surface area contributed by atoms with E-state index in [0.29, 0.717) is 11.3 Å². The van der Waals surface area contributed by atoms with Crippen LogP contribution in [0.4, 0.5) is 29.7 Å². The Morgan fingerprint density at radius 1 is 1.09 bits per heavy atom. The molecule has 0 aliphatic carbocycles. The van der Waals surface area contributed by atoms with Gasteiger partial charge in [-0.3, -0.25) is 24.6 Å². The number of aromatic nitrogens is 1. The second-order valence-electron chi connectivity index (χ2n) is 7.16. The van der Waals surface area contributed by atoms with Gasteiger partial charge in [-0.2, -0.15) is 13.2 Å². The number of non-ortho nitro benzene ring substituents is 1. The second-order valence-corrected chi connectivity index (χ2v) is 8.02. The van der Waals surface area contributed by atoms with Crippen molar-refractivity contribution in [2.24, 2.45) is 0 Å². The second kappa shape index (κ2) is 10.4. The third-order valence-electron chi connectivity index (χ3n) is 4.44. The molecule has 13 heteroatoms. The summed E-state index contributed by atoms with van der Waals surface area (Å²) in [6.45, 7) is -0.545. The average Bonchev–Trinajstić information content (AvgIpc) is 3.21. The number of likely N-dealkylation sites (N-methyl/N-ethyl adjacent to an activating group) is 1. The highest BCUT2D eigenvalue weighted by atomic mass is 32.1. The van der Waals surface area contributed by atoms with E-state index in [-0.39, 0.29) is 29.6 Å². The molecule has 0 aliphatic rings. The van der Waals surface area contributed by atoms with Crippen molar-refractivity contribution >= 4 is 39.7 Å². The highest BCUT2D eigenvalue weighted by molar-refractivity contribution is 7.14. The van der Waals surface area contributed by atoms with Crippen LogP contribution in [0.5, 0.6) is 0 Å². The number of anilines is 2. The van der Waals surface area contributed by atoms with Gasteiger partial charge in [0.2, 0.25) is 11.8 Å². The average molecular weight is 493 g/mol. The van der Waals surface area contributed by atoms with Gasteiger partial charge in [0.15, 0.2) is 5.13 Å². The van der Waals surface area contributed by atoms with Crippen LogP contribution in [0.2, 0.25) is 0 Å². The molecule has 2 N–H and O–H groups in total. The van der Waals surface area contributed by atoms with Crippen LogP contribution >= 0.6 is 11.3 Å². The molecule has 0 bridgehead atoms. The first-order valence-corrected chi connectivity index (χ1v) is 10.6. The molecule has 0 aliphatic heterocycles. The molecule has 1 heterocycles. The number of benzene rings is 2. The lowest BCUT2D eigenvalue weighted by atomic mass is 10.1. The molecule has 1 aromatic heterocycles. The summed E-state index contributed by atoms with van der Waals surface area (Å²) in [6, 6.07) is 10.5. The molecule has 2 amide bonds. The molecule has 0 fully saturated rings. The number of nitrogens with one attached hydrogen (secondary N) is 2. The Hall–Kier alpha value is -3.84. The van der Waals surface area contributed by atoms with Crippen LogP contribution < -0.4 is 10.6 Å². The van der Waals surface area contributed by atoms with E-state index in [2.05, 4.69) is 15.6 Å². The SMILES string of the molecule is CN(CC(=O)Nc1nc(-c2cccc([N+](=O)[O-])c2)cs1)CC(=O)Nc1ccccc1C(F)(F)F. The first kappa shape index (κ1) is 24.8. The van der Waals surface area contributed by atoms with Crippen LogP contribution in [-0.2, 0) is 15.8 Å². The van der Waals surface area contributed by atoms with Crippen LogP contribution in [0.25, 0.3) is 11.3 Å². The summed E-state index contributed by atoms with van der Waals surface area (Å²) in [7, 11) is 1.46. The molecular weight excluding hydrogens is 475 g/mol. The monoisotopic (exact) mass is 493 g/mol. The summed E-state index contributed by atoms with van der Waals surface area (Å²) in [6.07, 6.45) is -4.62. The van der Waals surface area contributed by atoms with E-state index in [1.165, 1.54) is 42.3 Å². The number of rotatable bonds is 8. The van der Waals surface area contributed by atoms with E-state index in [1.807, 2.05) is 0 Å². The Bertz CT molecular complexity index is 1210. The van der Waals surface area contributed by atoms with Crippen LogP contribution in [0.15, 0.2) is 53.9 Å². The van der Waals surface area contributed by atoms with Crippen molar-refractivity contribution in [1.82, 2.24) is 9.88 Å². The van der Waals surface area contributed by atoms with Crippen LogP contribution in [0, 0.1) is 10.1 Å². The topological polar surface area (TPSA) is 117 Å². The van der Waals surface area contributed by atoms with Gasteiger partial charge in [-0.15, -0.1) is 11.3 Å². The first-order valence-electron chi connectivity index (χ1n) is 9.68. The number of hydrogen-bond donors (Lipinski definition) is 2. The number of thiazole rings is 1. The number of para-hydroxylation sites is 1. The van der Waals surface area contributed by atoms with Crippen molar-refractivity contribution in [3.8, 4) is 11.3 Å². The number of alkyl halides is 3. The standard InChI is InChI=1S/C21H18F3N5O4S/c1-28(10-18(30)25-16-8-3-2-7-15(16)21(22,23)24)11-19(31)27-20-26-17(12-34-20)13-5-4-6-14(9-13)29(32)33/h2-9,12H,10-11H2,1H3,(H,25,30)(H,26,27,31). The molecule has 0 atom stereocenters. The number of hydrogen-bond acceptors (Lipinski definition) is 7. The zero-order chi connectivity index (χ0) is 24.9. The van der Waals surface area contributed by atoms with E-state index in [0.717, 1.165) is 23.5 Å². The van der Waals surface area contributed by atoms with E-state index in [1.54, 1.807) is 11.4 Å². The third kappa shape index (κ3) is 6.59. The van der Waals surface area contributed by atoms with Crippen molar-refractivity contribution in [2.75, 3.05) is 30.8 Å². The molecule has 0 saturated heterocycles. The smallest absolute Gasteiger partial charge is 0.324 e. The molecule has 9 nitrogen and oxygen atoms in total. The molecule has 3 aromatic rings. The summed E-state index contributed by atoms with van der Waals surface area (Å²) < 4.78 is 39.2. The maximum atomic E-state index is 13.1. The summed E-state index contributed by atoms with van der Waals surface area (Å²) in [5.74, 6) is -1.21. The molecule has 2 aromatic carbocycles. The van der Waals surface area contributed by atoms with Crippen LogP contribution in [-0.4, -0.2) is 46.8 Å². The van der Waals surface area contributed by atoms with Gasteiger partial charge in [-0.25, -0.2) is 4.98 Å². The minimum Gasteiger partial charge on any atom is -0.324 e. The maximum absolute atomic E-state index is 13.1. The Morgan fingerprint density at radius 3 is 2.44 bits per heavy atom. The lowest BCUT2D eigenvalue weighted by Crippen LogP contribution is -2.36. The Balaban J connectivity index is 1.55. The highest BCUT2D eigenvalue weighted by Gasteiger charge is 2.33. The zero-order valence-electron chi connectivity index (χ0n) is 17.6. The van der Waals surface area contributed by atoms with Gasteiger partial charge in [0, 0.05) is 23.1 Å². The van der Waals surface area contributed by atoms with E-state index < -0.39 is 28.5 Å². The minimum atomic E-state index is -4.62. The van der Waals surface area contributed by atoms with Crippen LogP contribution in [0.3, 0.4) is 0 Å². The Labute approximate surface area is 195 Å². The molecular formula is C21H18F3N5O4S. The number of halogens is 3. The fraction of sp³-hybridized carbons (Fsp3) is 0.190. The third-order valence-corrected chi connectivity index (χ3v) is 5.19. The molecule has 34 heavy (non-hydrogen) atoms. The molecule has 0 radical (unpaired) electrons. The summed E-state index contributed by atoms with van der Waals surface area (Å²) >= 11 is 1.12. The number of amides is 2. The number of nitrogens with zero attached hydrogens (tertiary/aromatic N) is 3. The van der Waals surface area contributed by atoms with Crippen molar-refractivity contribution in [1.29, 1.82) is 0 Å².